The molecule has 0 radical (unpaired) electrons. The Morgan fingerprint density at radius 1 is 1.45 bits per heavy atom. The van der Waals surface area contributed by atoms with Crippen LogP contribution in [0.3, 0.4) is 0 Å². The third kappa shape index (κ3) is 3.59. The third-order valence-corrected chi connectivity index (χ3v) is 6.40. The van der Waals surface area contributed by atoms with Crippen molar-refractivity contribution >= 4 is 17.5 Å². The van der Waals surface area contributed by atoms with Crippen LogP contribution in [0.2, 0.25) is 0 Å². The minimum atomic E-state index is -0.302. The number of fused-ring (bicyclic) bond motifs is 2. The van der Waals surface area contributed by atoms with E-state index < -0.39 is 0 Å². The first kappa shape index (κ1) is 19.4. The van der Waals surface area contributed by atoms with E-state index in [0.717, 1.165) is 31.4 Å². The molecule has 1 aromatic carbocycles. The number of hydrogen-bond donors (Lipinski definition) is 0. The SMILES string of the molecule is [C-]#[N+]c1cccc(CN2C(=O)[C@@H]3C[C@H]2CN3C[C@H](C)C(=O)N2CCC[C@H]2C#N)c1. The Morgan fingerprint density at radius 2 is 2.28 bits per heavy atom. The van der Waals surface area contributed by atoms with Crippen molar-refractivity contribution < 1.29 is 9.59 Å². The summed E-state index contributed by atoms with van der Waals surface area (Å²) in [7, 11) is 0. The van der Waals surface area contributed by atoms with E-state index in [1.807, 2.05) is 30.0 Å². The highest BCUT2D eigenvalue weighted by Crippen LogP contribution is 2.34. The zero-order valence-electron chi connectivity index (χ0n) is 16.6. The molecular weight excluding hydrogens is 366 g/mol. The van der Waals surface area contributed by atoms with Gasteiger partial charge in [0.2, 0.25) is 11.8 Å². The van der Waals surface area contributed by atoms with E-state index >= 15 is 0 Å². The van der Waals surface area contributed by atoms with Crippen LogP contribution in [0.1, 0.15) is 31.7 Å². The molecule has 29 heavy (non-hydrogen) atoms. The summed E-state index contributed by atoms with van der Waals surface area (Å²) < 4.78 is 0. The number of benzene rings is 1. The number of carbonyl (C=O) groups excluding carboxylic acids is 2. The van der Waals surface area contributed by atoms with E-state index in [1.165, 1.54) is 0 Å². The number of amides is 2. The molecule has 1 aromatic rings. The molecule has 7 heteroatoms. The number of likely N-dealkylation sites (tertiary alicyclic amines) is 3. The maximum absolute atomic E-state index is 12.9. The van der Waals surface area contributed by atoms with Gasteiger partial charge in [0.25, 0.3) is 0 Å². The maximum atomic E-state index is 12.9. The van der Waals surface area contributed by atoms with Crippen LogP contribution in [-0.2, 0) is 16.1 Å². The van der Waals surface area contributed by atoms with Crippen molar-refractivity contribution in [1.29, 1.82) is 5.26 Å². The van der Waals surface area contributed by atoms with Crippen LogP contribution >= 0.6 is 0 Å². The summed E-state index contributed by atoms with van der Waals surface area (Å²) >= 11 is 0. The molecule has 3 saturated heterocycles. The molecule has 0 saturated carbocycles. The molecule has 0 spiro atoms. The molecule has 4 rings (SSSR count). The van der Waals surface area contributed by atoms with Crippen LogP contribution in [0.25, 0.3) is 4.85 Å². The number of hydrogen-bond acceptors (Lipinski definition) is 4. The first-order chi connectivity index (χ1) is 14.0. The lowest BCUT2D eigenvalue weighted by Crippen LogP contribution is -2.52. The molecule has 2 bridgehead atoms. The van der Waals surface area contributed by atoms with Crippen LogP contribution in [0, 0.1) is 23.8 Å². The van der Waals surface area contributed by atoms with Gasteiger partial charge in [-0.05, 0) is 24.8 Å². The molecule has 3 aliphatic heterocycles. The molecule has 3 heterocycles. The lowest BCUT2D eigenvalue weighted by Gasteiger charge is -2.35. The molecular formula is C22H25N5O2. The summed E-state index contributed by atoms with van der Waals surface area (Å²) in [5.74, 6) is -0.0813. The second-order valence-electron chi connectivity index (χ2n) is 8.33. The van der Waals surface area contributed by atoms with Gasteiger partial charge in [-0.25, -0.2) is 4.85 Å². The van der Waals surface area contributed by atoms with E-state index in [0.29, 0.717) is 25.3 Å². The average molecular weight is 391 g/mol. The molecule has 0 aromatic heterocycles. The maximum Gasteiger partial charge on any atom is 0.240 e. The summed E-state index contributed by atoms with van der Waals surface area (Å²) in [5.41, 5.74) is 1.57. The van der Waals surface area contributed by atoms with Gasteiger partial charge in [-0.15, -0.1) is 0 Å². The number of nitriles is 1. The average Bonchev–Trinajstić information content (AvgIpc) is 3.44. The molecule has 150 valence electrons. The van der Waals surface area contributed by atoms with E-state index in [1.54, 1.807) is 11.0 Å². The standard InChI is InChI=1S/C22H25N5O2/c1-15(21(28)26-8-4-7-18(26)11-23)12-25-14-19-10-20(25)22(29)27(19)13-16-5-3-6-17(9-16)24-2/h3,5-6,9,15,18-20H,4,7-8,10,12-14H2,1H3/t15-,18-,19-,20-/m0/s1. The van der Waals surface area contributed by atoms with Gasteiger partial charge in [-0.1, -0.05) is 31.2 Å². The number of rotatable bonds is 5. The quantitative estimate of drug-likeness (QED) is 0.721. The van der Waals surface area contributed by atoms with Gasteiger partial charge in [-0.2, -0.15) is 5.26 Å². The monoisotopic (exact) mass is 391 g/mol. The highest BCUT2D eigenvalue weighted by atomic mass is 16.2. The van der Waals surface area contributed by atoms with Crippen molar-refractivity contribution in [1.82, 2.24) is 14.7 Å². The molecule has 0 unspecified atom stereocenters. The van der Waals surface area contributed by atoms with Gasteiger partial charge in [0, 0.05) is 38.1 Å². The molecule has 3 aliphatic rings. The van der Waals surface area contributed by atoms with Crippen LogP contribution in [0.5, 0.6) is 0 Å². The van der Waals surface area contributed by atoms with Crippen molar-refractivity contribution in [3.05, 3.63) is 41.2 Å². The van der Waals surface area contributed by atoms with E-state index in [9.17, 15) is 14.9 Å². The van der Waals surface area contributed by atoms with Gasteiger partial charge in [0.15, 0.2) is 5.69 Å². The van der Waals surface area contributed by atoms with Gasteiger partial charge in [0.1, 0.15) is 6.04 Å². The lowest BCUT2D eigenvalue weighted by atomic mass is 10.1. The van der Waals surface area contributed by atoms with E-state index in [2.05, 4.69) is 15.8 Å². The van der Waals surface area contributed by atoms with Crippen LogP contribution in [0.15, 0.2) is 24.3 Å². The Hall–Kier alpha value is -2.90. The Morgan fingerprint density at radius 3 is 3.00 bits per heavy atom. The highest BCUT2D eigenvalue weighted by molar-refractivity contribution is 5.86. The van der Waals surface area contributed by atoms with Crippen molar-refractivity contribution in [2.75, 3.05) is 19.6 Å². The minimum Gasteiger partial charge on any atom is -0.333 e. The Balaban J connectivity index is 1.36. The Bertz CT molecular complexity index is 901. The normalized spacial score (nSPS) is 27.1. The topological polar surface area (TPSA) is 72.0 Å². The highest BCUT2D eigenvalue weighted by Gasteiger charge is 2.49. The molecule has 3 fully saturated rings. The van der Waals surface area contributed by atoms with Crippen molar-refractivity contribution in [2.45, 2.75) is 50.9 Å². The van der Waals surface area contributed by atoms with Crippen LogP contribution < -0.4 is 0 Å². The molecule has 0 aliphatic carbocycles. The van der Waals surface area contributed by atoms with E-state index in [-0.39, 0.29) is 35.9 Å². The van der Waals surface area contributed by atoms with Crippen molar-refractivity contribution in [3.8, 4) is 6.07 Å². The Kier molecular flexibility index (Phi) is 5.25. The summed E-state index contributed by atoms with van der Waals surface area (Å²) in [6.45, 7) is 11.6. The fraction of sp³-hybridized carbons (Fsp3) is 0.545. The zero-order valence-corrected chi connectivity index (χ0v) is 16.6. The molecule has 4 atom stereocenters. The van der Waals surface area contributed by atoms with Crippen LogP contribution in [0.4, 0.5) is 5.69 Å². The van der Waals surface area contributed by atoms with E-state index in [4.69, 9.17) is 6.57 Å². The second kappa shape index (κ2) is 7.85. The fourth-order valence-electron chi connectivity index (χ4n) is 4.94. The summed E-state index contributed by atoms with van der Waals surface area (Å²) in [4.78, 5) is 34.9. The Labute approximate surface area is 171 Å². The third-order valence-electron chi connectivity index (χ3n) is 6.40. The predicted molar refractivity (Wildman–Crippen MR) is 107 cm³/mol. The smallest absolute Gasteiger partial charge is 0.240 e. The van der Waals surface area contributed by atoms with Gasteiger partial charge in [-0.3, -0.25) is 14.5 Å². The summed E-state index contributed by atoms with van der Waals surface area (Å²) in [6.07, 6.45) is 2.44. The number of piperazine rings is 1. The predicted octanol–water partition coefficient (Wildman–Crippen LogP) is 2.17. The first-order valence-electron chi connectivity index (χ1n) is 10.2. The largest absolute Gasteiger partial charge is 0.333 e. The minimum absolute atomic E-state index is 0.0251. The fourth-order valence-corrected chi connectivity index (χ4v) is 4.94. The number of carbonyl (C=O) groups is 2. The summed E-state index contributed by atoms with van der Waals surface area (Å²) in [6, 6.07) is 9.34. The summed E-state index contributed by atoms with van der Waals surface area (Å²) in [5, 5.41) is 9.23. The lowest BCUT2D eigenvalue weighted by molar-refractivity contribution is -0.140. The second-order valence-corrected chi connectivity index (χ2v) is 8.33. The molecule has 0 N–H and O–H groups in total. The molecule has 7 nitrogen and oxygen atoms in total. The zero-order chi connectivity index (χ0) is 20.5. The van der Waals surface area contributed by atoms with Crippen molar-refractivity contribution in [3.63, 3.8) is 0 Å². The molecule has 2 amide bonds. The van der Waals surface area contributed by atoms with Crippen molar-refractivity contribution in [2.24, 2.45) is 5.92 Å². The van der Waals surface area contributed by atoms with Gasteiger partial charge in [0.05, 0.1) is 18.7 Å². The van der Waals surface area contributed by atoms with Gasteiger partial charge >= 0.3 is 0 Å². The van der Waals surface area contributed by atoms with Crippen LogP contribution in [-0.4, -0.2) is 64.3 Å². The van der Waals surface area contributed by atoms with Gasteiger partial charge < -0.3 is 9.80 Å². The number of nitrogens with zero attached hydrogens (tertiary/aromatic N) is 5. The first-order valence-corrected chi connectivity index (χ1v) is 10.2.